The Kier molecular flexibility index (Phi) is 4.77. The number of nitrogens with one attached hydrogen (secondary N) is 2. The number of aryl methyl sites for hydroxylation is 1. The largest absolute Gasteiger partial charge is 0.454 e. The van der Waals surface area contributed by atoms with Crippen LogP contribution in [-0.2, 0) is 10.5 Å². The number of fused-ring (bicyclic) bond motifs is 2. The van der Waals surface area contributed by atoms with Gasteiger partial charge in [-0.2, -0.15) is 0 Å². The molecule has 138 valence electrons. The van der Waals surface area contributed by atoms with Crippen LogP contribution < -0.4 is 20.2 Å². The van der Waals surface area contributed by atoms with Crippen LogP contribution in [0.5, 0.6) is 11.5 Å². The third-order valence-electron chi connectivity index (χ3n) is 4.19. The van der Waals surface area contributed by atoms with Gasteiger partial charge >= 0.3 is 0 Å². The van der Waals surface area contributed by atoms with E-state index in [1.807, 2.05) is 25.1 Å². The molecule has 0 saturated heterocycles. The molecule has 2 heterocycles. The zero-order valence-electron chi connectivity index (χ0n) is 14.7. The lowest BCUT2D eigenvalue weighted by Gasteiger charge is -2.07. The highest BCUT2D eigenvalue weighted by molar-refractivity contribution is 7.99. The van der Waals surface area contributed by atoms with Gasteiger partial charge in [0.1, 0.15) is 0 Å². The number of hydrogen-bond acceptors (Lipinski definition) is 5. The quantitative estimate of drug-likeness (QED) is 0.707. The average molecular weight is 382 g/mol. The number of aromatic nitrogens is 1. The van der Waals surface area contributed by atoms with Crippen LogP contribution in [-0.4, -0.2) is 23.4 Å². The van der Waals surface area contributed by atoms with E-state index >= 15 is 0 Å². The van der Waals surface area contributed by atoms with Gasteiger partial charge in [-0.1, -0.05) is 11.6 Å². The van der Waals surface area contributed by atoms with Crippen LogP contribution in [0.4, 0.5) is 5.69 Å². The Morgan fingerprint density at radius 2 is 2.00 bits per heavy atom. The molecule has 27 heavy (non-hydrogen) atoms. The highest BCUT2D eigenvalue weighted by atomic mass is 32.2. The number of anilines is 1. The zero-order valence-corrected chi connectivity index (χ0v) is 15.5. The Morgan fingerprint density at radius 1 is 1.15 bits per heavy atom. The lowest BCUT2D eigenvalue weighted by atomic mass is 10.1. The van der Waals surface area contributed by atoms with Crippen molar-refractivity contribution in [2.75, 3.05) is 17.9 Å². The SMILES string of the molecule is Cc1ccc2[nH]c(CSCC(=O)Nc3ccc4c(c3)OCO4)cc(=O)c2c1. The molecule has 0 saturated carbocycles. The van der Waals surface area contributed by atoms with Gasteiger partial charge in [0.05, 0.1) is 5.75 Å². The monoisotopic (exact) mass is 382 g/mol. The number of pyridine rings is 1. The molecule has 1 aromatic heterocycles. The molecule has 3 aromatic rings. The summed E-state index contributed by atoms with van der Waals surface area (Å²) in [5.74, 6) is 2.02. The summed E-state index contributed by atoms with van der Waals surface area (Å²) in [5.41, 5.74) is 3.33. The summed E-state index contributed by atoms with van der Waals surface area (Å²) < 4.78 is 10.6. The maximum Gasteiger partial charge on any atom is 0.234 e. The third-order valence-corrected chi connectivity index (χ3v) is 5.17. The van der Waals surface area contributed by atoms with E-state index in [4.69, 9.17) is 9.47 Å². The second-order valence-electron chi connectivity index (χ2n) is 6.32. The molecule has 0 atom stereocenters. The second kappa shape index (κ2) is 7.36. The molecular weight excluding hydrogens is 364 g/mol. The smallest absolute Gasteiger partial charge is 0.234 e. The molecule has 7 heteroatoms. The fraction of sp³-hybridized carbons (Fsp3) is 0.200. The molecule has 1 aliphatic rings. The van der Waals surface area contributed by atoms with Gasteiger partial charge in [0, 0.05) is 40.2 Å². The zero-order chi connectivity index (χ0) is 18.8. The molecule has 0 unspecified atom stereocenters. The first-order chi connectivity index (χ1) is 13.1. The van der Waals surface area contributed by atoms with Crippen LogP contribution in [0.25, 0.3) is 10.9 Å². The van der Waals surface area contributed by atoms with E-state index in [-0.39, 0.29) is 23.9 Å². The van der Waals surface area contributed by atoms with Gasteiger partial charge < -0.3 is 19.8 Å². The summed E-state index contributed by atoms with van der Waals surface area (Å²) in [6.07, 6.45) is 0. The Morgan fingerprint density at radius 3 is 2.89 bits per heavy atom. The molecule has 0 fully saturated rings. The van der Waals surface area contributed by atoms with Gasteiger partial charge in [-0.3, -0.25) is 9.59 Å². The Balaban J connectivity index is 1.35. The maximum atomic E-state index is 12.3. The van der Waals surface area contributed by atoms with Crippen molar-refractivity contribution >= 4 is 34.3 Å². The highest BCUT2D eigenvalue weighted by Crippen LogP contribution is 2.34. The van der Waals surface area contributed by atoms with E-state index in [9.17, 15) is 9.59 Å². The van der Waals surface area contributed by atoms with E-state index in [1.54, 1.807) is 24.3 Å². The molecule has 0 bridgehead atoms. The number of hydrogen-bond donors (Lipinski definition) is 2. The van der Waals surface area contributed by atoms with E-state index in [0.29, 0.717) is 28.3 Å². The highest BCUT2D eigenvalue weighted by Gasteiger charge is 2.14. The minimum atomic E-state index is -0.113. The maximum absolute atomic E-state index is 12.3. The number of ether oxygens (including phenoxy) is 2. The number of amides is 1. The van der Waals surface area contributed by atoms with Crippen LogP contribution in [0.1, 0.15) is 11.3 Å². The molecule has 1 aliphatic heterocycles. The van der Waals surface area contributed by atoms with Gasteiger partial charge in [0.15, 0.2) is 16.9 Å². The van der Waals surface area contributed by atoms with Crippen molar-refractivity contribution in [3.63, 3.8) is 0 Å². The van der Waals surface area contributed by atoms with Gasteiger partial charge in [-0.05, 0) is 31.2 Å². The predicted octanol–water partition coefficient (Wildman–Crippen LogP) is 3.44. The summed E-state index contributed by atoms with van der Waals surface area (Å²) in [6.45, 7) is 2.16. The van der Waals surface area contributed by atoms with E-state index in [0.717, 1.165) is 16.8 Å². The van der Waals surface area contributed by atoms with Crippen LogP contribution in [0, 0.1) is 6.92 Å². The summed E-state index contributed by atoms with van der Waals surface area (Å²) in [6, 6.07) is 12.6. The Bertz CT molecular complexity index is 1080. The summed E-state index contributed by atoms with van der Waals surface area (Å²) in [4.78, 5) is 27.7. The Hall–Kier alpha value is -2.93. The molecule has 4 rings (SSSR count). The molecule has 2 N–H and O–H groups in total. The van der Waals surface area contributed by atoms with Gasteiger partial charge in [0.2, 0.25) is 12.7 Å². The molecule has 1 amide bonds. The van der Waals surface area contributed by atoms with Gasteiger partial charge in [-0.15, -0.1) is 11.8 Å². The first kappa shape index (κ1) is 17.5. The van der Waals surface area contributed by atoms with Crippen molar-refractivity contribution in [1.82, 2.24) is 4.98 Å². The van der Waals surface area contributed by atoms with Gasteiger partial charge in [-0.25, -0.2) is 0 Å². The normalized spacial score (nSPS) is 12.3. The number of aromatic amines is 1. The topological polar surface area (TPSA) is 80.4 Å². The molecule has 0 spiro atoms. The lowest BCUT2D eigenvalue weighted by Crippen LogP contribution is -2.14. The lowest BCUT2D eigenvalue weighted by molar-refractivity contribution is -0.113. The molecule has 2 aromatic carbocycles. The minimum absolute atomic E-state index is 0.00661. The number of carbonyl (C=O) groups excluding carboxylic acids is 1. The van der Waals surface area contributed by atoms with Crippen molar-refractivity contribution in [2.45, 2.75) is 12.7 Å². The van der Waals surface area contributed by atoms with Crippen LogP contribution in [0.3, 0.4) is 0 Å². The van der Waals surface area contributed by atoms with Crippen molar-refractivity contribution in [3.05, 3.63) is 63.9 Å². The van der Waals surface area contributed by atoms with E-state index in [1.165, 1.54) is 11.8 Å². The predicted molar refractivity (Wildman–Crippen MR) is 107 cm³/mol. The number of carbonyl (C=O) groups is 1. The van der Waals surface area contributed by atoms with Crippen molar-refractivity contribution in [3.8, 4) is 11.5 Å². The van der Waals surface area contributed by atoms with Crippen molar-refractivity contribution in [2.24, 2.45) is 0 Å². The fourth-order valence-corrected chi connectivity index (χ4v) is 3.65. The molecular formula is C20H18N2O4S. The van der Waals surface area contributed by atoms with Crippen molar-refractivity contribution in [1.29, 1.82) is 0 Å². The van der Waals surface area contributed by atoms with Crippen molar-refractivity contribution < 1.29 is 14.3 Å². The first-order valence-corrected chi connectivity index (χ1v) is 9.64. The average Bonchev–Trinajstić information content (AvgIpc) is 3.10. The minimum Gasteiger partial charge on any atom is -0.454 e. The number of thioether (sulfide) groups is 1. The van der Waals surface area contributed by atoms with Crippen LogP contribution in [0.2, 0.25) is 0 Å². The van der Waals surface area contributed by atoms with Crippen LogP contribution >= 0.6 is 11.8 Å². The van der Waals surface area contributed by atoms with Gasteiger partial charge in [0.25, 0.3) is 0 Å². The number of H-pyrrole nitrogens is 1. The first-order valence-electron chi connectivity index (χ1n) is 8.48. The number of benzene rings is 2. The second-order valence-corrected chi connectivity index (χ2v) is 7.30. The molecule has 6 nitrogen and oxygen atoms in total. The fourth-order valence-electron chi connectivity index (χ4n) is 2.92. The van der Waals surface area contributed by atoms with E-state index in [2.05, 4.69) is 10.3 Å². The molecule has 0 radical (unpaired) electrons. The number of rotatable bonds is 5. The summed E-state index contributed by atoms with van der Waals surface area (Å²) in [5, 5.41) is 3.52. The third kappa shape index (κ3) is 3.93. The standard InChI is InChI=1S/C20H18N2O4S/c1-12-2-4-16-15(6-12)17(23)7-14(21-16)9-27-10-20(24)22-13-3-5-18-19(8-13)26-11-25-18/h2-8H,9-11H2,1H3,(H,21,23)(H,22,24). The summed E-state index contributed by atoms with van der Waals surface area (Å²) in [7, 11) is 0. The Labute approximate surface area is 159 Å². The van der Waals surface area contributed by atoms with Crippen LogP contribution in [0.15, 0.2) is 47.3 Å². The molecule has 0 aliphatic carbocycles. The van der Waals surface area contributed by atoms with E-state index < -0.39 is 0 Å². The summed E-state index contributed by atoms with van der Waals surface area (Å²) >= 11 is 1.44.